The Bertz CT molecular complexity index is 415. The highest BCUT2D eigenvalue weighted by molar-refractivity contribution is 5.93. The molecule has 0 saturated heterocycles. The van der Waals surface area contributed by atoms with E-state index < -0.39 is 0 Å². The van der Waals surface area contributed by atoms with Gasteiger partial charge in [0.15, 0.2) is 5.78 Å². The van der Waals surface area contributed by atoms with E-state index in [0.717, 1.165) is 50.6 Å². The largest absolute Gasteiger partial charge is 0.380 e. The zero-order valence-electron chi connectivity index (χ0n) is 14.2. The number of carbonyl (C=O) groups is 1. The first-order chi connectivity index (χ1) is 10.0. The van der Waals surface area contributed by atoms with Crippen molar-refractivity contribution in [2.45, 2.75) is 53.4 Å². The topological polar surface area (TPSA) is 29.5 Å². The molecule has 120 valence electrons. The fourth-order valence-corrected chi connectivity index (χ4v) is 4.03. The van der Waals surface area contributed by atoms with E-state index in [1.807, 2.05) is 6.92 Å². The predicted octanol–water partition coefficient (Wildman–Crippen LogP) is 3.44. The smallest absolute Gasteiger partial charge is 0.155 e. The van der Waals surface area contributed by atoms with Crippen LogP contribution in [0.15, 0.2) is 11.1 Å². The minimum Gasteiger partial charge on any atom is -0.380 e. The van der Waals surface area contributed by atoms with Crippen molar-refractivity contribution in [2.75, 3.05) is 32.8 Å². The monoisotopic (exact) mass is 293 g/mol. The van der Waals surface area contributed by atoms with Gasteiger partial charge in [0.1, 0.15) is 0 Å². The van der Waals surface area contributed by atoms with Gasteiger partial charge >= 0.3 is 0 Å². The zero-order valence-corrected chi connectivity index (χ0v) is 14.2. The fourth-order valence-electron chi connectivity index (χ4n) is 4.03. The number of hydrogen-bond donors (Lipinski definition) is 0. The first-order valence-corrected chi connectivity index (χ1v) is 8.52. The quantitative estimate of drug-likeness (QED) is 0.507. The van der Waals surface area contributed by atoms with Gasteiger partial charge in [-0.1, -0.05) is 12.5 Å². The van der Waals surface area contributed by atoms with Crippen molar-refractivity contribution >= 4 is 5.78 Å². The summed E-state index contributed by atoms with van der Waals surface area (Å²) in [7, 11) is 0. The fraction of sp³-hybridized carbons (Fsp3) is 0.833. The maximum absolute atomic E-state index is 11.6. The highest BCUT2D eigenvalue weighted by Crippen LogP contribution is 2.60. The van der Waals surface area contributed by atoms with E-state index in [0.29, 0.717) is 5.41 Å². The van der Waals surface area contributed by atoms with Crippen molar-refractivity contribution in [2.24, 2.45) is 11.3 Å². The van der Waals surface area contributed by atoms with Crippen molar-refractivity contribution < 1.29 is 9.53 Å². The second kappa shape index (κ2) is 7.06. The Morgan fingerprint density at radius 2 is 2.14 bits per heavy atom. The summed E-state index contributed by atoms with van der Waals surface area (Å²) in [6, 6.07) is 0. The third kappa shape index (κ3) is 3.57. The van der Waals surface area contributed by atoms with Gasteiger partial charge in [-0.15, -0.1) is 0 Å². The molecule has 2 atom stereocenters. The normalized spacial score (nSPS) is 30.2. The van der Waals surface area contributed by atoms with Gasteiger partial charge in [0.2, 0.25) is 0 Å². The van der Waals surface area contributed by atoms with Gasteiger partial charge < -0.3 is 9.64 Å². The molecule has 2 unspecified atom stereocenters. The van der Waals surface area contributed by atoms with Gasteiger partial charge in [-0.2, -0.15) is 0 Å². The third-order valence-corrected chi connectivity index (χ3v) is 5.72. The zero-order chi connectivity index (χ0) is 15.5. The van der Waals surface area contributed by atoms with Crippen molar-refractivity contribution in [1.29, 1.82) is 0 Å². The van der Waals surface area contributed by atoms with Crippen LogP contribution >= 0.6 is 0 Å². The van der Waals surface area contributed by atoms with E-state index in [1.54, 1.807) is 6.92 Å². The Kier molecular flexibility index (Phi) is 5.61. The SMILES string of the molecule is CCOCCN(CC)CC12CCC1CC(=C(C)C(C)=O)C2. The Hall–Kier alpha value is -0.670. The van der Waals surface area contributed by atoms with Crippen LogP contribution in [0.1, 0.15) is 53.4 Å². The molecule has 0 aliphatic heterocycles. The highest BCUT2D eigenvalue weighted by Gasteiger charge is 2.52. The number of ether oxygens (including phenoxy) is 1. The number of Topliss-reactive ketones (excluding diaryl/α,β-unsaturated/α-hetero) is 1. The van der Waals surface area contributed by atoms with Crippen molar-refractivity contribution in [1.82, 2.24) is 4.90 Å². The van der Waals surface area contributed by atoms with Gasteiger partial charge in [0.05, 0.1) is 6.61 Å². The van der Waals surface area contributed by atoms with Crippen LogP contribution in [0.25, 0.3) is 0 Å². The summed E-state index contributed by atoms with van der Waals surface area (Å²) in [6.45, 7) is 12.9. The number of ketones is 1. The first kappa shape index (κ1) is 16.7. The van der Waals surface area contributed by atoms with E-state index in [-0.39, 0.29) is 5.78 Å². The summed E-state index contributed by atoms with van der Waals surface area (Å²) in [5.41, 5.74) is 2.92. The summed E-state index contributed by atoms with van der Waals surface area (Å²) in [5, 5.41) is 0. The molecule has 0 bridgehead atoms. The molecule has 2 saturated carbocycles. The minimum absolute atomic E-state index is 0.255. The number of fused-ring (bicyclic) bond motifs is 1. The highest BCUT2D eigenvalue weighted by atomic mass is 16.5. The molecule has 0 radical (unpaired) electrons. The average molecular weight is 293 g/mol. The number of hydrogen-bond acceptors (Lipinski definition) is 3. The lowest BCUT2D eigenvalue weighted by atomic mass is 9.62. The molecule has 0 amide bonds. The molecule has 2 aliphatic rings. The number of rotatable bonds is 8. The molecule has 2 aliphatic carbocycles. The molecule has 0 aromatic carbocycles. The van der Waals surface area contributed by atoms with E-state index in [1.165, 1.54) is 25.0 Å². The van der Waals surface area contributed by atoms with Crippen LogP contribution in [-0.2, 0) is 9.53 Å². The first-order valence-electron chi connectivity index (χ1n) is 8.52. The molecule has 21 heavy (non-hydrogen) atoms. The van der Waals surface area contributed by atoms with Gasteiger partial charge in [-0.25, -0.2) is 0 Å². The number of nitrogens with zero attached hydrogens (tertiary/aromatic N) is 1. The Morgan fingerprint density at radius 1 is 1.38 bits per heavy atom. The molecule has 2 fully saturated rings. The third-order valence-electron chi connectivity index (χ3n) is 5.72. The van der Waals surface area contributed by atoms with Crippen LogP contribution in [0.4, 0.5) is 0 Å². The van der Waals surface area contributed by atoms with E-state index >= 15 is 0 Å². The van der Waals surface area contributed by atoms with Gasteiger partial charge in [0.25, 0.3) is 0 Å². The Morgan fingerprint density at radius 3 is 2.67 bits per heavy atom. The van der Waals surface area contributed by atoms with Crippen LogP contribution in [0.3, 0.4) is 0 Å². The summed E-state index contributed by atoms with van der Waals surface area (Å²) in [6.07, 6.45) is 4.98. The van der Waals surface area contributed by atoms with E-state index in [2.05, 4.69) is 18.7 Å². The van der Waals surface area contributed by atoms with Gasteiger partial charge in [0, 0.05) is 19.7 Å². The van der Waals surface area contributed by atoms with E-state index in [4.69, 9.17) is 4.74 Å². The molecule has 2 rings (SSSR count). The summed E-state index contributed by atoms with van der Waals surface area (Å²) >= 11 is 0. The van der Waals surface area contributed by atoms with Crippen molar-refractivity contribution in [3.8, 4) is 0 Å². The maximum atomic E-state index is 11.6. The molecule has 3 nitrogen and oxygen atoms in total. The number of allylic oxidation sites excluding steroid dienone is 2. The molecule has 0 aromatic rings. The summed E-state index contributed by atoms with van der Waals surface area (Å²) < 4.78 is 5.50. The molecular weight excluding hydrogens is 262 g/mol. The number of likely N-dealkylation sites (N-methyl/N-ethyl adjacent to an activating group) is 1. The lowest BCUT2D eigenvalue weighted by molar-refractivity contribution is -0.113. The lowest BCUT2D eigenvalue weighted by Gasteiger charge is -2.47. The van der Waals surface area contributed by atoms with Crippen LogP contribution in [0, 0.1) is 11.3 Å². The maximum Gasteiger partial charge on any atom is 0.155 e. The molecule has 0 aromatic heterocycles. The Balaban J connectivity index is 1.99. The molecule has 3 heteroatoms. The second-order valence-corrected chi connectivity index (χ2v) is 6.83. The Labute approximate surface area is 129 Å². The van der Waals surface area contributed by atoms with Crippen molar-refractivity contribution in [3.63, 3.8) is 0 Å². The predicted molar refractivity (Wildman–Crippen MR) is 86.4 cm³/mol. The molecular formula is C18H31NO2. The van der Waals surface area contributed by atoms with E-state index in [9.17, 15) is 4.79 Å². The van der Waals surface area contributed by atoms with Crippen LogP contribution in [0.2, 0.25) is 0 Å². The van der Waals surface area contributed by atoms with Crippen molar-refractivity contribution in [3.05, 3.63) is 11.1 Å². The summed E-state index contributed by atoms with van der Waals surface area (Å²) in [4.78, 5) is 14.2. The molecule has 0 heterocycles. The van der Waals surface area contributed by atoms with Crippen LogP contribution in [0.5, 0.6) is 0 Å². The van der Waals surface area contributed by atoms with Gasteiger partial charge in [-0.05, 0) is 69.9 Å². The lowest BCUT2D eigenvalue weighted by Crippen LogP contribution is -2.46. The summed E-state index contributed by atoms with van der Waals surface area (Å²) in [5.74, 6) is 1.06. The van der Waals surface area contributed by atoms with Crippen LogP contribution < -0.4 is 0 Å². The minimum atomic E-state index is 0.255. The standard InChI is InChI=1S/C18H31NO2/c1-5-19(9-10-21-6-2)13-18-8-7-17(18)11-16(12-18)14(3)15(4)20/h17H,5-13H2,1-4H3. The second-order valence-electron chi connectivity index (χ2n) is 6.83. The van der Waals surface area contributed by atoms with Crippen LogP contribution in [-0.4, -0.2) is 43.5 Å². The van der Waals surface area contributed by atoms with Gasteiger partial charge in [-0.3, -0.25) is 4.79 Å². The average Bonchev–Trinajstić information content (AvgIpc) is 2.70. The number of carbonyl (C=O) groups excluding carboxylic acids is 1. The molecule has 0 spiro atoms. The molecule has 0 N–H and O–H groups in total.